The van der Waals surface area contributed by atoms with Crippen molar-refractivity contribution in [3.8, 4) is 17.2 Å². The van der Waals surface area contributed by atoms with E-state index in [1.807, 2.05) is 41.2 Å². The molecule has 0 amide bonds. The molecule has 0 saturated carbocycles. The Hall–Kier alpha value is -3.22. The van der Waals surface area contributed by atoms with Gasteiger partial charge in [-0.2, -0.15) is 4.98 Å². The Morgan fingerprint density at radius 2 is 1.67 bits per heavy atom. The molecule has 0 aliphatic rings. The highest BCUT2D eigenvalue weighted by Crippen LogP contribution is 2.35. The summed E-state index contributed by atoms with van der Waals surface area (Å²) >= 11 is 0. The van der Waals surface area contributed by atoms with E-state index in [-0.39, 0.29) is 5.95 Å². The lowest BCUT2D eigenvalue weighted by atomic mass is 10.0. The first kappa shape index (κ1) is 15.7. The SMILES string of the molecule is COc1cc(Cc2cnc(N)nc2N)cc(OC)c1-n1cccc1. The van der Waals surface area contributed by atoms with E-state index in [1.165, 1.54) is 0 Å². The van der Waals surface area contributed by atoms with Crippen LogP contribution in [-0.4, -0.2) is 28.8 Å². The third-order valence-corrected chi connectivity index (χ3v) is 3.71. The average molecular weight is 325 g/mol. The normalized spacial score (nSPS) is 10.6. The van der Waals surface area contributed by atoms with Crippen molar-refractivity contribution in [3.05, 3.63) is 54.0 Å². The number of aromatic nitrogens is 3. The monoisotopic (exact) mass is 325 g/mol. The quantitative estimate of drug-likeness (QED) is 0.744. The summed E-state index contributed by atoms with van der Waals surface area (Å²) in [5, 5.41) is 0. The van der Waals surface area contributed by atoms with E-state index in [9.17, 15) is 0 Å². The third kappa shape index (κ3) is 2.96. The van der Waals surface area contributed by atoms with Crippen molar-refractivity contribution in [2.75, 3.05) is 25.7 Å². The Morgan fingerprint density at radius 3 is 2.21 bits per heavy atom. The van der Waals surface area contributed by atoms with Crippen molar-refractivity contribution < 1.29 is 9.47 Å². The van der Waals surface area contributed by atoms with E-state index in [0.717, 1.165) is 16.8 Å². The predicted molar refractivity (Wildman–Crippen MR) is 92.5 cm³/mol. The van der Waals surface area contributed by atoms with Gasteiger partial charge in [0.15, 0.2) is 0 Å². The number of benzene rings is 1. The van der Waals surface area contributed by atoms with Crippen molar-refractivity contribution in [1.82, 2.24) is 14.5 Å². The van der Waals surface area contributed by atoms with Gasteiger partial charge in [-0.05, 0) is 29.8 Å². The maximum Gasteiger partial charge on any atom is 0.221 e. The fraction of sp³-hybridized carbons (Fsp3) is 0.176. The molecule has 0 spiro atoms. The molecule has 0 unspecified atom stereocenters. The molecule has 0 bridgehead atoms. The number of hydrogen-bond donors (Lipinski definition) is 2. The minimum absolute atomic E-state index is 0.161. The Kier molecular flexibility index (Phi) is 4.24. The second-order valence-electron chi connectivity index (χ2n) is 5.25. The minimum atomic E-state index is 0.161. The molecule has 7 nitrogen and oxygen atoms in total. The number of rotatable bonds is 5. The van der Waals surface area contributed by atoms with Crippen LogP contribution >= 0.6 is 0 Å². The third-order valence-electron chi connectivity index (χ3n) is 3.71. The molecule has 0 aliphatic heterocycles. The lowest BCUT2D eigenvalue weighted by Gasteiger charge is -2.16. The average Bonchev–Trinajstić information content (AvgIpc) is 3.10. The Morgan fingerprint density at radius 1 is 1.04 bits per heavy atom. The van der Waals surface area contributed by atoms with E-state index in [0.29, 0.717) is 23.7 Å². The van der Waals surface area contributed by atoms with E-state index in [4.69, 9.17) is 20.9 Å². The molecule has 2 heterocycles. The molecule has 0 atom stereocenters. The fourth-order valence-corrected chi connectivity index (χ4v) is 2.58. The molecular weight excluding hydrogens is 306 g/mol. The van der Waals surface area contributed by atoms with Crippen molar-refractivity contribution in [2.24, 2.45) is 0 Å². The topological polar surface area (TPSA) is 101 Å². The van der Waals surface area contributed by atoms with Crippen molar-refractivity contribution in [3.63, 3.8) is 0 Å². The van der Waals surface area contributed by atoms with Crippen LogP contribution in [0.3, 0.4) is 0 Å². The lowest BCUT2D eigenvalue weighted by molar-refractivity contribution is 0.390. The number of nitrogens with two attached hydrogens (primary N) is 2. The van der Waals surface area contributed by atoms with E-state index in [2.05, 4.69) is 9.97 Å². The summed E-state index contributed by atoms with van der Waals surface area (Å²) in [6.45, 7) is 0. The molecular formula is C17H19N5O2. The first-order valence-electron chi connectivity index (χ1n) is 7.37. The van der Waals surface area contributed by atoms with Crippen molar-refractivity contribution in [1.29, 1.82) is 0 Å². The van der Waals surface area contributed by atoms with Crippen LogP contribution in [0, 0.1) is 0 Å². The molecule has 0 radical (unpaired) electrons. The number of nitrogens with zero attached hydrogens (tertiary/aromatic N) is 3. The summed E-state index contributed by atoms with van der Waals surface area (Å²) in [5.74, 6) is 1.94. The summed E-state index contributed by atoms with van der Waals surface area (Å²) in [5.41, 5.74) is 14.1. The molecule has 1 aromatic carbocycles. The molecule has 3 rings (SSSR count). The molecule has 124 valence electrons. The zero-order valence-corrected chi connectivity index (χ0v) is 13.6. The van der Waals surface area contributed by atoms with Crippen LogP contribution in [0.1, 0.15) is 11.1 Å². The number of nitrogen functional groups attached to an aromatic ring is 2. The van der Waals surface area contributed by atoms with Crippen molar-refractivity contribution in [2.45, 2.75) is 6.42 Å². The zero-order chi connectivity index (χ0) is 17.1. The van der Waals surface area contributed by atoms with E-state index >= 15 is 0 Å². The molecule has 0 saturated heterocycles. The van der Waals surface area contributed by atoms with Crippen LogP contribution in [0.25, 0.3) is 5.69 Å². The fourth-order valence-electron chi connectivity index (χ4n) is 2.58. The number of methoxy groups -OCH3 is 2. The van der Waals surface area contributed by atoms with E-state index < -0.39 is 0 Å². The van der Waals surface area contributed by atoms with Gasteiger partial charge in [0, 0.05) is 30.6 Å². The van der Waals surface area contributed by atoms with Gasteiger partial charge in [0.05, 0.1) is 14.2 Å². The summed E-state index contributed by atoms with van der Waals surface area (Å²) < 4.78 is 13.1. The first-order chi connectivity index (χ1) is 11.6. The lowest BCUT2D eigenvalue weighted by Crippen LogP contribution is -2.05. The predicted octanol–water partition coefficient (Wildman–Crippen LogP) is 2.04. The molecule has 0 fully saturated rings. The van der Waals surface area contributed by atoms with Gasteiger partial charge >= 0.3 is 0 Å². The first-order valence-corrected chi connectivity index (χ1v) is 7.37. The highest BCUT2D eigenvalue weighted by Gasteiger charge is 2.15. The smallest absolute Gasteiger partial charge is 0.221 e. The second-order valence-corrected chi connectivity index (χ2v) is 5.25. The van der Waals surface area contributed by atoms with Gasteiger partial charge in [0.25, 0.3) is 0 Å². The van der Waals surface area contributed by atoms with Gasteiger partial charge < -0.3 is 25.5 Å². The number of ether oxygens (including phenoxy) is 2. The number of hydrogen-bond acceptors (Lipinski definition) is 6. The maximum atomic E-state index is 5.92. The molecule has 2 aromatic heterocycles. The Balaban J connectivity index is 2.04. The van der Waals surface area contributed by atoms with Crippen LogP contribution in [0.5, 0.6) is 11.5 Å². The molecule has 7 heteroatoms. The largest absolute Gasteiger partial charge is 0.494 e. The minimum Gasteiger partial charge on any atom is -0.494 e. The summed E-state index contributed by atoms with van der Waals surface area (Å²) in [7, 11) is 3.26. The van der Waals surface area contributed by atoms with Crippen LogP contribution < -0.4 is 20.9 Å². The van der Waals surface area contributed by atoms with Gasteiger partial charge in [0.2, 0.25) is 5.95 Å². The van der Waals surface area contributed by atoms with Gasteiger partial charge in [-0.25, -0.2) is 4.98 Å². The van der Waals surface area contributed by atoms with Crippen molar-refractivity contribution >= 4 is 11.8 Å². The van der Waals surface area contributed by atoms with Crippen LogP contribution in [0.2, 0.25) is 0 Å². The summed E-state index contributed by atoms with van der Waals surface area (Å²) in [6, 6.07) is 7.79. The van der Waals surface area contributed by atoms with Gasteiger partial charge in [-0.1, -0.05) is 0 Å². The number of anilines is 2. The molecule has 0 aliphatic carbocycles. The van der Waals surface area contributed by atoms with Gasteiger partial charge in [-0.15, -0.1) is 0 Å². The summed E-state index contributed by atoms with van der Waals surface area (Å²) in [4.78, 5) is 7.99. The Bertz CT molecular complexity index is 821. The molecule has 4 N–H and O–H groups in total. The van der Waals surface area contributed by atoms with Crippen LogP contribution in [0.15, 0.2) is 42.9 Å². The van der Waals surface area contributed by atoms with Gasteiger partial charge in [-0.3, -0.25) is 0 Å². The zero-order valence-electron chi connectivity index (χ0n) is 13.6. The van der Waals surface area contributed by atoms with Crippen LogP contribution in [0.4, 0.5) is 11.8 Å². The van der Waals surface area contributed by atoms with Gasteiger partial charge in [0.1, 0.15) is 23.0 Å². The highest BCUT2D eigenvalue weighted by atomic mass is 16.5. The molecule has 3 aromatic rings. The van der Waals surface area contributed by atoms with E-state index in [1.54, 1.807) is 20.4 Å². The molecule has 24 heavy (non-hydrogen) atoms. The standard InChI is InChI=1S/C17H19N5O2/c1-23-13-8-11(7-12-10-20-17(19)21-16(12)18)9-14(24-2)15(13)22-5-3-4-6-22/h3-6,8-10H,7H2,1-2H3,(H4,18,19,20,21). The second kappa shape index (κ2) is 6.49. The van der Waals surface area contributed by atoms with Crippen LogP contribution in [-0.2, 0) is 6.42 Å². The Labute approximate surface area is 139 Å². The highest BCUT2D eigenvalue weighted by molar-refractivity contribution is 5.60. The summed E-state index contributed by atoms with van der Waals surface area (Å²) in [6.07, 6.45) is 6.05. The maximum absolute atomic E-state index is 5.92.